The van der Waals surface area contributed by atoms with Crippen molar-refractivity contribution in [2.75, 3.05) is 30.4 Å². The smallest absolute Gasteiger partial charge is 0.134 e. The average molecular weight is 248 g/mol. The molecule has 1 aliphatic rings. The summed E-state index contributed by atoms with van der Waals surface area (Å²) in [7, 11) is 2.13. The first-order valence-electron chi connectivity index (χ1n) is 7.05. The first-order valence-corrected chi connectivity index (χ1v) is 7.05. The summed E-state index contributed by atoms with van der Waals surface area (Å²) in [4.78, 5) is 11.4. The van der Waals surface area contributed by atoms with Gasteiger partial charge in [-0.25, -0.2) is 9.97 Å². The summed E-state index contributed by atoms with van der Waals surface area (Å²) >= 11 is 0. The summed E-state index contributed by atoms with van der Waals surface area (Å²) in [5.41, 5.74) is 0. The molecule has 2 rings (SSSR count). The van der Waals surface area contributed by atoms with Gasteiger partial charge in [0, 0.05) is 32.6 Å². The Hall–Kier alpha value is -1.32. The van der Waals surface area contributed by atoms with Crippen molar-refractivity contribution in [1.29, 1.82) is 0 Å². The fraction of sp³-hybridized carbons (Fsp3) is 0.714. The molecule has 18 heavy (non-hydrogen) atoms. The number of anilines is 2. The van der Waals surface area contributed by atoms with Crippen LogP contribution in [-0.4, -0.2) is 30.1 Å². The van der Waals surface area contributed by atoms with Crippen molar-refractivity contribution < 1.29 is 0 Å². The highest BCUT2D eigenvalue weighted by molar-refractivity contribution is 5.49. The molecule has 0 atom stereocenters. The molecular weight excluding hydrogens is 224 g/mol. The Bertz CT molecular complexity index is 387. The molecule has 0 aromatic carbocycles. The van der Waals surface area contributed by atoms with Crippen LogP contribution in [0.3, 0.4) is 0 Å². The Labute approximate surface area is 110 Å². The zero-order valence-corrected chi connectivity index (χ0v) is 11.7. The Morgan fingerprint density at radius 3 is 2.72 bits per heavy atom. The lowest BCUT2D eigenvalue weighted by Crippen LogP contribution is -2.22. The number of aryl methyl sites for hydroxylation is 1. The van der Waals surface area contributed by atoms with Gasteiger partial charge in [-0.3, -0.25) is 0 Å². The molecule has 0 unspecified atom stereocenters. The second kappa shape index (κ2) is 6.03. The Morgan fingerprint density at radius 1 is 1.33 bits per heavy atom. The minimum atomic E-state index is 0.877. The van der Waals surface area contributed by atoms with Gasteiger partial charge in [0.2, 0.25) is 0 Å². The van der Waals surface area contributed by atoms with Crippen molar-refractivity contribution in [1.82, 2.24) is 9.97 Å². The van der Waals surface area contributed by atoms with E-state index in [1.54, 1.807) is 0 Å². The maximum absolute atomic E-state index is 4.62. The van der Waals surface area contributed by atoms with E-state index in [2.05, 4.69) is 47.1 Å². The molecule has 1 aromatic heterocycles. The molecular formula is C14H24N4. The number of nitrogens with one attached hydrogen (secondary N) is 1. The van der Waals surface area contributed by atoms with Gasteiger partial charge < -0.3 is 10.2 Å². The van der Waals surface area contributed by atoms with Gasteiger partial charge in [-0.2, -0.15) is 0 Å². The van der Waals surface area contributed by atoms with Crippen LogP contribution in [-0.2, 0) is 6.42 Å². The van der Waals surface area contributed by atoms with E-state index in [9.17, 15) is 0 Å². The van der Waals surface area contributed by atoms with E-state index < -0.39 is 0 Å². The zero-order valence-electron chi connectivity index (χ0n) is 11.7. The van der Waals surface area contributed by atoms with Gasteiger partial charge in [0.15, 0.2) is 0 Å². The number of rotatable bonds is 7. The van der Waals surface area contributed by atoms with Crippen LogP contribution in [0.2, 0.25) is 0 Å². The van der Waals surface area contributed by atoms with E-state index in [-0.39, 0.29) is 0 Å². The summed E-state index contributed by atoms with van der Waals surface area (Å²) in [6.07, 6.45) is 4.73. The van der Waals surface area contributed by atoms with Gasteiger partial charge >= 0.3 is 0 Å². The van der Waals surface area contributed by atoms with Gasteiger partial charge in [0.1, 0.15) is 17.5 Å². The van der Waals surface area contributed by atoms with Gasteiger partial charge in [-0.05, 0) is 25.2 Å². The molecule has 1 aliphatic carbocycles. The van der Waals surface area contributed by atoms with E-state index in [1.165, 1.54) is 12.8 Å². The fourth-order valence-corrected chi connectivity index (χ4v) is 1.96. The van der Waals surface area contributed by atoms with Crippen molar-refractivity contribution >= 4 is 11.6 Å². The van der Waals surface area contributed by atoms with E-state index >= 15 is 0 Å². The maximum Gasteiger partial charge on any atom is 0.134 e. The molecule has 1 aromatic rings. The van der Waals surface area contributed by atoms with Gasteiger partial charge in [0.05, 0.1) is 0 Å². The van der Waals surface area contributed by atoms with Crippen LogP contribution in [0, 0.1) is 5.92 Å². The van der Waals surface area contributed by atoms with Crippen molar-refractivity contribution in [2.24, 2.45) is 5.92 Å². The lowest BCUT2D eigenvalue weighted by Gasteiger charge is -2.19. The SMILES string of the molecule is CCCNc1cc(N(C)CC2CC2)nc(CC)n1. The third-order valence-electron chi connectivity index (χ3n) is 3.25. The third kappa shape index (κ3) is 3.59. The molecule has 0 bridgehead atoms. The van der Waals surface area contributed by atoms with Crippen molar-refractivity contribution in [3.63, 3.8) is 0 Å². The summed E-state index contributed by atoms with van der Waals surface area (Å²) in [5.74, 6) is 3.81. The highest BCUT2D eigenvalue weighted by Crippen LogP contribution is 2.30. The van der Waals surface area contributed by atoms with Crippen molar-refractivity contribution in [2.45, 2.75) is 39.5 Å². The van der Waals surface area contributed by atoms with Crippen LogP contribution in [0.1, 0.15) is 38.9 Å². The van der Waals surface area contributed by atoms with Gasteiger partial charge in [0.25, 0.3) is 0 Å². The Balaban J connectivity index is 2.10. The minimum Gasteiger partial charge on any atom is -0.370 e. The van der Waals surface area contributed by atoms with Crippen LogP contribution in [0.15, 0.2) is 6.07 Å². The maximum atomic E-state index is 4.62. The summed E-state index contributed by atoms with van der Waals surface area (Å²) < 4.78 is 0. The lowest BCUT2D eigenvalue weighted by molar-refractivity contribution is 0.769. The largest absolute Gasteiger partial charge is 0.370 e. The lowest BCUT2D eigenvalue weighted by atomic mass is 10.3. The first-order chi connectivity index (χ1) is 8.72. The van der Waals surface area contributed by atoms with Crippen LogP contribution >= 0.6 is 0 Å². The summed E-state index contributed by atoms with van der Waals surface area (Å²) in [6, 6.07) is 2.07. The quantitative estimate of drug-likeness (QED) is 0.805. The standard InChI is InChI=1S/C14H24N4/c1-4-8-15-13-9-14(17-12(5-2)16-13)18(3)10-11-6-7-11/h9,11H,4-8,10H2,1-3H3,(H,15,16,17). The minimum absolute atomic E-state index is 0.877. The molecule has 4 heteroatoms. The van der Waals surface area contributed by atoms with Gasteiger partial charge in [-0.15, -0.1) is 0 Å². The van der Waals surface area contributed by atoms with Crippen molar-refractivity contribution in [3.8, 4) is 0 Å². The fourth-order valence-electron chi connectivity index (χ4n) is 1.96. The normalized spacial score (nSPS) is 14.6. The van der Waals surface area contributed by atoms with Crippen LogP contribution in [0.5, 0.6) is 0 Å². The van der Waals surface area contributed by atoms with Crippen LogP contribution in [0.4, 0.5) is 11.6 Å². The molecule has 0 saturated heterocycles. The van der Waals surface area contributed by atoms with E-state index in [0.29, 0.717) is 0 Å². The summed E-state index contributed by atoms with van der Waals surface area (Å²) in [5, 5.41) is 3.36. The number of hydrogen-bond acceptors (Lipinski definition) is 4. The predicted octanol–water partition coefficient (Wildman–Crippen LogP) is 2.71. The highest BCUT2D eigenvalue weighted by atomic mass is 15.2. The third-order valence-corrected chi connectivity index (χ3v) is 3.25. The molecule has 0 amide bonds. The Kier molecular flexibility index (Phi) is 4.39. The monoisotopic (exact) mass is 248 g/mol. The molecule has 0 aliphatic heterocycles. The van der Waals surface area contributed by atoms with Crippen LogP contribution in [0.25, 0.3) is 0 Å². The van der Waals surface area contributed by atoms with E-state index in [0.717, 1.165) is 49.3 Å². The van der Waals surface area contributed by atoms with E-state index in [1.807, 2.05) is 0 Å². The first kappa shape index (κ1) is 13.1. The topological polar surface area (TPSA) is 41.0 Å². The number of hydrogen-bond donors (Lipinski definition) is 1. The average Bonchev–Trinajstić information content (AvgIpc) is 3.19. The molecule has 0 spiro atoms. The molecule has 1 N–H and O–H groups in total. The molecule has 1 heterocycles. The number of aromatic nitrogens is 2. The molecule has 0 radical (unpaired) electrons. The van der Waals surface area contributed by atoms with Gasteiger partial charge in [-0.1, -0.05) is 13.8 Å². The summed E-state index contributed by atoms with van der Waals surface area (Å²) in [6.45, 7) is 6.35. The Morgan fingerprint density at radius 2 is 2.11 bits per heavy atom. The molecule has 4 nitrogen and oxygen atoms in total. The predicted molar refractivity (Wildman–Crippen MR) is 76.2 cm³/mol. The van der Waals surface area contributed by atoms with Crippen LogP contribution < -0.4 is 10.2 Å². The highest BCUT2D eigenvalue weighted by Gasteiger charge is 2.23. The second-order valence-corrected chi connectivity index (χ2v) is 5.13. The molecule has 1 saturated carbocycles. The van der Waals surface area contributed by atoms with E-state index in [4.69, 9.17) is 0 Å². The molecule has 1 fully saturated rings. The second-order valence-electron chi connectivity index (χ2n) is 5.13. The zero-order chi connectivity index (χ0) is 13.0. The molecule has 100 valence electrons. The van der Waals surface area contributed by atoms with Crippen molar-refractivity contribution in [3.05, 3.63) is 11.9 Å². The number of nitrogens with zero attached hydrogens (tertiary/aromatic N) is 3.